The molecule has 6 nitrogen and oxygen atoms in total. The second-order valence-electron chi connectivity index (χ2n) is 5.04. The van der Waals surface area contributed by atoms with Crippen LogP contribution in [0.1, 0.15) is 6.42 Å². The maximum Gasteiger partial charge on any atom is 0.257 e. The molecule has 1 aromatic carbocycles. The molecular weight excluding hydrogens is 294 g/mol. The average Bonchev–Trinajstić information content (AvgIpc) is 2.82. The largest absolute Gasteiger partial charge is 0.497 e. The molecule has 1 N–H and O–H groups in total. The normalized spacial score (nSPS) is 20.0. The zero-order valence-corrected chi connectivity index (χ0v) is 12.7. The predicted molar refractivity (Wildman–Crippen MR) is 78.3 cm³/mol. The molecule has 116 valence electrons. The fourth-order valence-electron chi connectivity index (χ4n) is 2.18. The molecule has 1 aliphatic rings. The molecule has 1 amide bonds. The van der Waals surface area contributed by atoms with Gasteiger partial charge in [-0.25, -0.2) is 8.42 Å². The molecule has 7 heteroatoms. The summed E-state index contributed by atoms with van der Waals surface area (Å²) in [5.41, 5.74) is 0. The topological polar surface area (TPSA) is 81.7 Å². The van der Waals surface area contributed by atoms with E-state index in [-0.39, 0.29) is 29.9 Å². The van der Waals surface area contributed by atoms with Crippen molar-refractivity contribution >= 4 is 15.7 Å². The van der Waals surface area contributed by atoms with Gasteiger partial charge in [0.1, 0.15) is 11.5 Å². The van der Waals surface area contributed by atoms with E-state index in [1.54, 1.807) is 31.4 Å². The van der Waals surface area contributed by atoms with E-state index >= 15 is 0 Å². The molecule has 1 unspecified atom stereocenters. The number of sulfone groups is 1. The minimum atomic E-state index is -2.90. The first-order chi connectivity index (χ1) is 9.98. The molecule has 0 aliphatic carbocycles. The number of rotatable bonds is 6. The van der Waals surface area contributed by atoms with Crippen molar-refractivity contribution in [3.05, 3.63) is 24.3 Å². The van der Waals surface area contributed by atoms with Crippen molar-refractivity contribution in [2.45, 2.75) is 6.42 Å². The molecule has 0 radical (unpaired) electrons. The first-order valence-corrected chi connectivity index (χ1v) is 8.54. The summed E-state index contributed by atoms with van der Waals surface area (Å²) in [5, 5.41) is 2.70. The van der Waals surface area contributed by atoms with E-state index in [9.17, 15) is 13.2 Å². The summed E-state index contributed by atoms with van der Waals surface area (Å²) in [7, 11) is -1.35. The van der Waals surface area contributed by atoms with Gasteiger partial charge in [0.25, 0.3) is 5.91 Å². The monoisotopic (exact) mass is 313 g/mol. The Morgan fingerprint density at radius 3 is 2.81 bits per heavy atom. The lowest BCUT2D eigenvalue weighted by Crippen LogP contribution is -2.33. The number of hydrogen-bond donors (Lipinski definition) is 1. The quantitative estimate of drug-likeness (QED) is 0.833. The van der Waals surface area contributed by atoms with Gasteiger partial charge in [0.2, 0.25) is 0 Å². The molecule has 1 heterocycles. The van der Waals surface area contributed by atoms with E-state index in [0.717, 1.165) is 0 Å². The van der Waals surface area contributed by atoms with Gasteiger partial charge in [0, 0.05) is 12.6 Å². The predicted octanol–water partition coefficient (Wildman–Crippen LogP) is 0.625. The summed E-state index contributed by atoms with van der Waals surface area (Å²) in [5.74, 6) is 1.33. The van der Waals surface area contributed by atoms with E-state index in [1.165, 1.54) is 0 Å². The third kappa shape index (κ3) is 4.93. The third-order valence-electron chi connectivity index (χ3n) is 3.33. The van der Waals surface area contributed by atoms with Crippen molar-refractivity contribution in [2.24, 2.45) is 5.92 Å². The Labute approximate surface area is 124 Å². The molecule has 0 aromatic heterocycles. The fraction of sp³-hybridized carbons (Fsp3) is 0.500. The van der Waals surface area contributed by atoms with Crippen LogP contribution in [0.5, 0.6) is 11.5 Å². The molecular formula is C14H19NO5S. The van der Waals surface area contributed by atoms with Crippen molar-refractivity contribution in [1.29, 1.82) is 0 Å². The lowest BCUT2D eigenvalue weighted by Gasteiger charge is -2.11. The molecule has 0 spiro atoms. The van der Waals surface area contributed by atoms with E-state index in [0.29, 0.717) is 24.5 Å². The Morgan fingerprint density at radius 2 is 2.14 bits per heavy atom. The Hall–Kier alpha value is -1.76. The highest BCUT2D eigenvalue weighted by Crippen LogP contribution is 2.19. The van der Waals surface area contributed by atoms with Crippen LogP contribution in [0.25, 0.3) is 0 Å². The summed E-state index contributed by atoms with van der Waals surface area (Å²) in [6.07, 6.45) is 0.610. The smallest absolute Gasteiger partial charge is 0.257 e. The number of hydrogen-bond acceptors (Lipinski definition) is 5. The van der Waals surface area contributed by atoms with E-state index in [4.69, 9.17) is 9.47 Å². The third-order valence-corrected chi connectivity index (χ3v) is 5.16. The Bertz CT molecular complexity index is 599. The van der Waals surface area contributed by atoms with Gasteiger partial charge in [-0.15, -0.1) is 0 Å². The summed E-state index contributed by atoms with van der Waals surface area (Å²) >= 11 is 0. The number of ether oxygens (including phenoxy) is 2. The number of methoxy groups -OCH3 is 1. The van der Waals surface area contributed by atoms with Crippen molar-refractivity contribution in [1.82, 2.24) is 5.32 Å². The zero-order chi connectivity index (χ0) is 15.3. The number of nitrogens with one attached hydrogen (secondary N) is 1. The van der Waals surface area contributed by atoms with Gasteiger partial charge in [0.15, 0.2) is 16.4 Å². The van der Waals surface area contributed by atoms with Gasteiger partial charge in [-0.3, -0.25) is 4.79 Å². The van der Waals surface area contributed by atoms with E-state index in [2.05, 4.69) is 5.32 Å². The lowest BCUT2D eigenvalue weighted by atomic mass is 10.1. The van der Waals surface area contributed by atoms with Crippen LogP contribution in [0.3, 0.4) is 0 Å². The zero-order valence-electron chi connectivity index (χ0n) is 11.9. The Kier molecular flexibility index (Phi) is 5.06. The van der Waals surface area contributed by atoms with Gasteiger partial charge in [-0.2, -0.15) is 0 Å². The van der Waals surface area contributed by atoms with Crippen LogP contribution >= 0.6 is 0 Å². The second-order valence-corrected chi connectivity index (χ2v) is 7.27. The maximum absolute atomic E-state index is 11.7. The van der Waals surface area contributed by atoms with Crippen molar-refractivity contribution in [3.8, 4) is 11.5 Å². The minimum absolute atomic E-state index is 0.00997. The standard InChI is InChI=1S/C14H19NO5S/c1-19-12-3-2-4-13(7-12)20-9-14(16)15-8-11-5-6-21(17,18)10-11/h2-4,7,11H,5-6,8-10H2,1H3,(H,15,16). The minimum Gasteiger partial charge on any atom is -0.497 e. The van der Waals surface area contributed by atoms with Crippen LogP contribution in [0, 0.1) is 5.92 Å². The number of benzene rings is 1. The highest BCUT2D eigenvalue weighted by Gasteiger charge is 2.27. The van der Waals surface area contributed by atoms with Gasteiger partial charge in [-0.1, -0.05) is 6.07 Å². The average molecular weight is 313 g/mol. The Morgan fingerprint density at radius 1 is 1.38 bits per heavy atom. The molecule has 1 aliphatic heterocycles. The maximum atomic E-state index is 11.7. The van der Waals surface area contributed by atoms with Crippen LogP contribution < -0.4 is 14.8 Å². The van der Waals surface area contributed by atoms with Gasteiger partial charge < -0.3 is 14.8 Å². The van der Waals surface area contributed by atoms with Gasteiger partial charge in [0.05, 0.1) is 18.6 Å². The van der Waals surface area contributed by atoms with E-state index < -0.39 is 9.84 Å². The van der Waals surface area contributed by atoms with Crippen LogP contribution in [-0.2, 0) is 14.6 Å². The van der Waals surface area contributed by atoms with Gasteiger partial charge in [-0.05, 0) is 24.5 Å². The summed E-state index contributed by atoms with van der Waals surface area (Å²) in [4.78, 5) is 11.7. The highest BCUT2D eigenvalue weighted by molar-refractivity contribution is 7.91. The summed E-state index contributed by atoms with van der Waals surface area (Å²) < 4.78 is 33.0. The molecule has 21 heavy (non-hydrogen) atoms. The van der Waals surface area contributed by atoms with Crippen molar-refractivity contribution in [2.75, 3.05) is 31.8 Å². The van der Waals surface area contributed by atoms with Crippen LogP contribution in [-0.4, -0.2) is 46.1 Å². The van der Waals surface area contributed by atoms with Crippen LogP contribution in [0.4, 0.5) is 0 Å². The van der Waals surface area contributed by atoms with Gasteiger partial charge >= 0.3 is 0 Å². The molecule has 1 fully saturated rings. The van der Waals surface area contributed by atoms with Crippen molar-refractivity contribution in [3.63, 3.8) is 0 Å². The number of carbonyl (C=O) groups excluding carboxylic acids is 1. The summed E-state index contributed by atoms with van der Waals surface area (Å²) in [6, 6.07) is 6.99. The van der Waals surface area contributed by atoms with E-state index in [1.807, 2.05) is 0 Å². The number of amides is 1. The molecule has 0 saturated carbocycles. The molecule has 1 saturated heterocycles. The molecule has 0 bridgehead atoms. The Balaban J connectivity index is 1.72. The summed E-state index contributed by atoms with van der Waals surface area (Å²) in [6.45, 7) is 0.270. The first-order valence-electron chi connectivity index (χ1n) is 6.72. The fourth-order valence-corrected chi connectivity index (χ4v) is 4.04. The second kappa shape index (κ2) is 6.80. The van der Waals surface area contributed by atoms with Crippen LogP contribution in [0.15, 0.2) is 24.3 Å². The SMILES string of the molecule is COc1cccc(OCC(=O)NCC2CCS(=O)(=O)C2)c1. The highest BCUT2D eigenvalue weighted by atomic mass is 32.2. The number of carbonyl (C=O) groups is 1. The van der Waals surface area contributed by atoms with Crippen molar-refractivity contribution < 1.29 is 22.7 Å². The van der Waals surface area contributed by atoms with Crippen LogP contribution in [0.2, 0.25) is 0 Å². The molecule has 1 atom stereocenters. The first kappa shape index (κ1) is 15.6. The molecule has 2 rings (SSSR count). The lowest BCUT2D eigenvalue weighted by molar-refractivity contribution is -0.123. The molecule has 1 aromatic rings.